The fourth-order valence-electron chi connectivity index (χ4n) is 4.32. The van der Waals surface area contributed by atoms with Gasteiger partial charge in [-0.2, -0.15) is 0 Å². The van der Waals surface area contributed by atoms with Crippen molar-refractivity contribution in [2.45, 2.75) is 44.3 Å². The molecule has 2 bridgehead atoms. The number of hydrogen-bond donors (Lipinski definition) is 2. The van der Waals surface area contributed by atoms with Gasteiger partial charge in [-0.05, 0) is 50.5 Å². The van der Waals surface area contributed by atoms with Crippen LogP contribution in [0.5, 0.6) is 0 Å². The predicted molar refractivity (Wildman–Crippen MR) is 102 cm³/mol. The van der Waals surface area contributed by atoms with Crippen LogP contribution in [0.25, 0.3) is 22.6 Å². The first-order chi connectivity index (χ1) is 13.2. The second-order valence-electron chi connectivity index (χ2n) is 7.48. The molecule has 5 rings (SSSR count). The van der Waals surface area contributed by atoms with E-state index in [4.69, 9.17) is 8.83 Å². The summed E-state index contributed by atoms with van der Waals surface area (Å²) < 4.78 is 11.7. The van der Waals surface area contributed by atoms with E-state index >= 15 is 0 Å². The summed E-state index contributed by atoms with van der Waals surface area (Å²) in [4.78, 5) is 12.6. The summed E-state index contributed by atoms with van der Waals surface area (Å²) in [6.07, 6.45) is 3.35. The third-order valence-corrected chi connectivity index (χ3v) is 5.64. The van der Waals surface area contributed by atoms with Gasteiger partial charge < -0.3 is 19.5 Å². The third-order valence-electron chi connectivity index (χ3n) is 5.64. The fourth-order valence-corrected chi connectivity index (χ4v) is 4.32. The van der Waals surface area contributed by atoms with Crippen molar-refractivity contribution in [2.75, 3.05) is 0 Å². The Kier molecular flexibility index (Phi) is 3.90. The number of benzene rings is 1. The lowest BCUT2D eigenvalue weighted by Crippen LogP contribution is -2.42. The van der Waals surface area contributed by atoms with Gasteiger partial charge >= 0.3 is 0 Å². The number of carbonyl (C=O) groups excluding carboxylic acids is 1. The molecule has 2 saturated heterocycles. The third kappa shape index (κ3) is 2.98. The van der Waals surface area contributed by atoms with Crippen molar-refractivity contribution in [3.05, 3.63) is 60.1 Å². The Labute approximate surface area is 157 Å². The lowest BCUT2D eigenvalue weighted by atomic mass is 9.95. The van der Waals surface area contributed by atoms with Gasteiger partial charge in [-0.3, -0.25) is 4.79 Å². The van der Waals surface area contributed by atoms with E-state index in [0.29, 0.717) is 23.6 Å². The first kappa shape index (κ1) is 16.4. The molecule has 2 N–H and O–H groups in total. The van der Waals surface area contributed by atoms with Gasteiger partial charge in [-0.1, -0.05) is 24.3 Å². The number of furan rings is 2. The second kappa shape index (κ2) is 6.43. The maximum Gasteiger partial charge on any atom is 0.287 e. The first-order valence-electron chi connectivity index (χ1n) is 9.50. The molecule has 2 aliphatic rings. The SMILES string of the molecule is Cc1ccc(-c2ccccc2-c2ccc(C(=O)NC3CC4CCC3N4)o2)o1. The highest BCUT2D eigenvalue weighted by molar-refractivity contribution is 5.92. The number of aryl methyl sites for hydroxylation is 1. The molecule has 4 heterocycles. The minimum atomic E-state index is -0.146. The molecule has 2 aliphatic heterocycles. The van der Waals surface area contributed by atoms with Gasteiger partial charge in [0.2, 0.25) is 0 Å². The first-order valence-corrected chi connectivity index (χ1v) is 9.50. The maximum atomic E-state index is 12.6. The normalized spacial score (nSPS) is 23.7. The van der Waals surface area contributed by atoms with Crippen molar-refractivity contribution >= 4 is 5.91 Å². The Hall–Kier alpha value is -2.79. The zero-order valence-electron chi connectivity index (χ0n) is 15.2. The number of amides is 1. The van der Waals surface area contributed by atoms with Gasteiger partial charge in [0.25, 0.3) is 5.91 Å². The zero-order chi connectivity index (χ0) is 18.4. The van der Waals surface area contributed by atoms with Crippen molar-refractivity contribution in [3.8, 4) is 22.6 Å². The van der Waals surface area contributed by atoms with Crippen LogP contribution in [0.15, 0.2) is 57.4 Å². The molecule has 27 heavy (non-hydrogen) atoms. The van der Waals surface area contributed by atoms with E-state index in [1.165, 1.54) is 6.42 Å². The number of hydrogen-bond acceptors (Lipinski definition) is 4. The molecule has 3 unspecified atom stereocenters. The van der Waals surface area contributed by atoms with Crippen LogP contribution in [0, 0.1) is 6.92 Å². The number of nitrogens with one attached hydrogen (secondary N) is 2. The summed E-state index contributed by atoms with van der Waals surface area (Å²) >= 11 is 0. The lowest BCUT2D eigenvalue weighted by molar-refractivity contribution is 0.0903. The van der Waals surface area contributed by atoms with Crippen LogP contribution in [0.2, 0.25) is 0 Å². The van der Waals surface area contributed by atoms with Gasteiger partial charge in [0.05, 0.1) is 0 Å². The van der Waals surface area contributed by atoms with Crippen LogP contribution in [-0.4, -0.2) is 24.0 Å². The van der Waals surface area contributed by atoms with E-state index < -0.39 is 0 Å². The monoisotopic (exact) mass is 362 g/mol. The van der Waals surface area contributed by atoms with E-state index in [9.17, 15) is 4.79 Å². The van der Waals surface area contributed by atoms with Gasteiger partial charge in [-0.15, -0.1) is 0 Å². The molecule has 0 spiro atoms. The highest BCUT2D eigenvalue weighted by Crippen LogP contribution is 2.34. The molecule has 2 fully saturated rings. The molecule has 138 valence electrons. The standard InChI is InChI=1S/C22H22N2O3/c1-13-6-9-19(26-13)15-4-2-3-5-16(15)20-10-11-21(27-20)22(25)24-18-12-14-7-8-17(18)23-14/h2-6,9-11,14,17-18,23H,7-8,12H2,1H3,(H,24,25). The van der Waals surface area contributed by atoms with Crippen molar-refractivity contribution in [2.24, 2.45) is 0 Å². The molecule has 3 aromatic rings. The molecule has 5 nitrogen and oxygen atoms in total. The van der Waals surface area contributed by atoms with E-state index in [1.54, 1.807) is 6.07 Å². The van der Waals surface area contributed by atoms with Crippen LogP contribution in [0.4, 0.5) is 0 Å². The highest BCUT2D eigenvalue weighted by atomic mass is 16.4. The minimum absolute atomic E-state index is 0.146. The van der Waals surface area contributed by atoms with Gasteiger partial charge in [-0.25, -0.2) is 0 Å². The summed E-state index contributed by atoms with van der Waals surface area (Å²) in [5.41, 5.74) is 1.86. The smallest absolute Gasteiger partial charge is 0.287 e. The number of fused-ring (bicyclic) bond motifs is 2. The van der Waals surface area contributed by atoms with Crippen LogP contribution in [0.3, 0.4) is 0 Å². The minimum Gasteiger partial charge on any atom is -0.461 e. The van der Waals surface area contributed by atoms with Crippen LogP contribution >= 0.6 is 0 Å². The van der Waals surface area contributed by atoms with Crippen molar-refractivity contribution in [1.29, 1.82) is 0 Å². The van der Waals surface area contributed by atoms with E-state index in [-0.39, 0.29) is 11.9 Å². The average molecular weight is 362 g/mol. The van der Waals surface area contributed by atoms with E-state index in [2.05, 4.69) is 10.6 Å². The van der Waals surface area contributed by atoms with Crippen molar-refractivity contribution in [3.63, 3.8) is 0 Å². The number of carbonyl (C=O) groups is 1. The molecule has 3 atom stereocenters. The van der Waals surface area contributed by atoms with Crippen LogP contribution < -0.4 is 10.6 Å². The Balaban J connectivity index is 1.39. The molecule has 1 aromatic carbocycles. The van der Waals surface area contributed by atoms with Gasteiger partial charge in [0, 0.05) is 29.3 Å². The maximum absolute atomic E-state index is 12.6. The van der Waals surface area contributed by atoms with Gasteiger partial charge in [0.15, 0.2) is 5.76 Å². The number of rotatable bonds is 4. The lowest BCUT2D eigenvalue weighted by Gasteiger charge is -2.20. The van der Waals surface area contributed by atoms with Crippen molar-refractivity contribution < 1.29 is 13.6 Å². The Morgan fingerprint density at radius 1 is 1.00 bits per heavy atom. The topological polar surface area (TPSA) is 67.4 Å². The van der Waals surface area contributed by atoms with Crippen LogP contribution in [0.1, 0.15) is 35.6 Å². The molecule has 0 aliphatic carbocycles. The Morgan fingerprint density at radius 3 is 2.37 bits per heavy atom. The van der Waals surface area contributed by atoms with E-state index in [0.717, 1.165) is 35.5 Å². The largest absolute Gasteiger partial charge is 0.461 e. The molecule has 2 aromatic heterocycles. The summed E-state index contributed by atoms with van der Waals surface area (Å²) in [5.74, 6) is 2.51. The van der Waals surface area contributed by atoms with E-state index in [1.807, 2.05) is 49.4 Å². The Bertz CT molecular complexity index is 987. The Morgan fingerprint density at radius 2 is 1.74 bits per heavy atom. The predicted octanol–water partition coefficient (Wildman–Crippen LogP) is 4.14. The molecule has 0 saturated carbocycles. The molecule has 5 heteroatoms. The fraction of sp³-hybridized carbons (Fsp3) is 0.318. The molecular weight excluding hydrogens is 340 g/mol. The summed E-state index contributed by atoms with van der Waals surface area (Å²) in [7, 11) is 0. The summed E-state index contributed by atoms with van der Waals surface area (Å²) in [6.45, 7) is 1.92. The van der Waals surface area contributed by atoms with Crippen LogP contribution in [-0.2, 0) is 0 Å². The second-order valence-corrected chi connectivity index (χ2v) is 7.48. The van der Waals surface area contributed by atoms with Crippen molar-refractivity contribution in [1.82, 2.24) is 10.6 Å². The summed E-state index contributed by atoms with van der Waals surface area (Å²) in [5, 5.41) is 6.66. The average Bonchev–Trinajstić information content (AvgIpc) is 3.46. The molecule has 1 amide bonds. The zero-order valence-corrected chi connectivity index (χ0v) is 15.2. The quantitative estimate of drug-likeness (QED) is 0.732. The summed E-state index contributed by atoms with van der Waals surface area (Å²) in [6, 6.07) is 16.5. The highest BCUT2D eigenvalue weighted by Gasteiger charge is 2.40. The molecular formula is C22H22N2O3. The molecule has 0 radical (unpaired) electrons. The van der Waals surface area contributed by atoms with Gasteiger partial charge in [0.1, 0.15) is 17.3 Å².